The van der Waals surface area contributed by atoms with Crippen molar-refractivity contribution >= 4 is 23.2 Å². The molecule has 0 amide bonds. The SMILES string of the molecule is O=C1c2ccccc2C(=O)C12O[C@H]2c1ccc(Cl)cc1. The normalized spacial score (nSPS) is 22.1. The van der Waals surface area contributed by atoms with Crippen molar-refractivity contribution in [1.29, 1.82) is 0 Å². The minimum Gasteiger partial charge on any atom is -0.344 e. The zero-order valence-corrected chi connectivity index (χ0v) is 11.1. The van der Waals surface area contributed by atoms with Crippen LogP contribution in [-0.2, 0) is 4.74 Å². The molecule has 0 aromatic heterocycles. The summed E-state index contributed by atoms with van der Waals surface area (Å²) >= 11 is 5.84. The van der Waals surface area contributed by atoms with Crippen LogP contribution in [0.25, 0.3) is 0 Å². The molecule has 1 atom stereocenters. The molecule has 1 aliphatic carbocycles. The standard InChI is InChI=1S/C16H9ClO3/c17-10-7-5-9(6-8-10)15-16(20-15)13(18)11-3-1-2-4-12(11)14(16)19/h1-8,15H/t15-/m0/s1. The molecular formula is C16H9ClO3. The van der Waals surface area contributed by atoms with Gasteiger partial charge in [0.1, 0.15) is 6.10 Å². The third kappa shape index (κ3) is 1.34. The quantitative estimate of drug-likeness (QED) is 0.597. The fourth-order valence-electron chi connectivity index (χ4n) is 2.82. The van der Waals surface area contributed by atoms with Crippen LogP contribution in [0.1, 0.15) is 32.4 Å². The summed E-state index contributed by atoms with van der Waals surface area (Å²) in [5.74, 6) is -0.476. The van der Waals surface area contributed by atoms with E-state index in [1.807, 2.05) is 0 Å². The lowest BCUT2D eigenvalue weighted by molar-refractivity contribution is 0.0785. The van der Waals surface area contributed by atoms with Gasteiger partial charge < -0.3 is 4.74 Å². The number of Topliss-reactive ketones (excluding diaryl/α,β-unsaturated/α-hetero) is 2. The van der Waals surface area contributed by atoms with Crippen LogP contribution in [0.15, 0.2) is 48.5 Å². The van der Waals surface area contributed by atoms with Crippen molar-refractivity contribution in [3.05, 3.63) is 70.2 Å². The van der Waals surface area contributed by atoms with Gasteiger partial charge >= 0.3 is 0 Å². The van der Waals surface area contributed by atoms with E-state index in [1.54, 1.807) is 48.5 Å². The van der Waals surface area contributed by atoms with Gasteiger partial charge in [0.2, 0.25) is 17.2 Å². The molecule has 3 nitrogen and oxygen atoms in total. The summed E-state index contributed by atoms with van der Waals surface area (Å²) in [5.41, 5.74) is 0.365. The van der Waals surface area contributed by atoms with Gasteiger partial charge in [-0.15, -0.1) is 0 Å². The molecule has 0 unspecified atom stereocenters. The molecule has 4 heteroatoms. The van der Waals surface area contributed by atoms with Crippen molar-refractivity contribution in [3.63, 3.8) is 0 Å². The Balaban J connectivity index is 1.77. The molecule has 0 N–H and O–H groups in total. The predicted octanol–water partition coefficient (Wildman–Crippen LogP) is 3.23. The maximum absolute atomic E-state index is 12.5. The molecule has 0 saturated carbocycles. The molecule has 4 rings (SSSR count). The summed E-state index contributed by atoms with van der Waals surface area (Å²) in [6.07, 6.45) is -0.507. The second-order valence-electron chi connectivity index (χ2n) is 4.99. The van der Waals surface area contributed by atoms with E-state index in [1.165, 1.54) is 0 Å². The number of rotatable bonds is 1. The molecule has 1 heterocycles. The largest absolute Gasteiger partial charge is 0.344 e. The Morgan fingerprint density at radius 2 is 1.45 bits per heavy atom. The number of epoxide rings is 1. The summed E-state index contributed by atoms with van der Waals surface area (Å²) < 4.78 is 5.56. The number of ether oxygens (including phenoxy) is 1. The molecular weight excluding hydrogens is 276 g/mol. The van der Waals surface area contributed by atoms with Gasteiger partial charge in [-0.1, -0.05) is 48.0 Å². The molecule has 98 valence electrons. The highest BCUT2D eigenvalue weighted by molar-refractivity contribution is 6.34. The van der Waals surface area contributed by atoms with Crippen LogP contribution >= 0.6 is 11.6 Å². The van der Waals surface area contributed by atoms with E-state index in [2.05, 4.69) is 0 Å². The third-order valence-electron chi connectivity index (χ3n) is 3.88. The number of benzene rings is 2. The molecule has 2 aromatic rings. The number of hydrogen-bond acceptors (Lipinski definition) is 3. The Hall–Kier alpha value is -1.97. The van der Waals surface area contributed by atoms with Crippen LogP contribution < -0.4 is 0 Å². The fourth-order valence-corrected chi connectivity index (χ4v) is 2.95. The smallest absolute Gasteiger partial charge is 0.224 e. The molecule has 2 aromatic carbocycles. The van der Waals surface area contributed by atoms with Crippen molar-refractivity contribution in [2.45, 2.75) is 11.7 Å². The van der Waals surface area contributed by atoms with Gasteiger partial charge in [-0.25, -0.2) is 0 Å². The molecule has 0 radical (unpaired) electrons. The number of halogens is 1. The summed E-state index contributed by atoms with van der Waals surface area (Å²) in [7, 11) is 0. The Kier molecular flexibility index (Phi) is 2.23. The lowest BCUT2D eigenvalue weighted by Crippen LogP contribution is -2.27. The van der Waals surface area contributed by atoms with Crippen molar-refractivity contribution in [3.8, 4) is 0 Å². The second kappa shape index (κ2) is 3.78. The molecule has 0 bridgehead atoms. The van der Waals surface area contributed by atoms with Gasteiger partial charge in [0.25, 0.3) is 0 Å². The van der Waals surface area contributed by atoms with E-state index in [0.29, 0.717) is 16.1 Å². The average molecular weight is 285 g/mol. The van der Waals surface area contributed by atoms with Crippen LogP contribution in [0.3, 0.4) is 0 Å². The van der Waals surface area contributed by atoms with Gasteiger partial charge in [-0.3, -0.25) is 9.59 Å². The molecule has 20 heavy (non-hydrogen) atoms. The highest BCUT2D eigenvalue weighted by Crippen LogP contribution is 2.56. The van der Waals surface area contributed by atoms with Crippen LogP contribution in [0, 0.1) is 0 Å². The second-order valence-corrected chi connectivity index (χ2v) is 5.43. The van der Waals surface area contributed by atoms with Crippen molar-refractivity contribution < 1.29 is 14.3 Å². The molecule has 1 spiro atoms. The number of carbonyl (C=O) groups excluding carboxylic acids is 2. The van der Waals surface area contributed by atoms with Crippen molar-refractivity contribution in [2.75, 3.05) is 0 Å². The van der Waals surface area contributed by atoms with Crippen molar-refractivity contribution in [1.82, 2.24) is 0 Å². The van der Waals surface area contributed by atoms with Gasteiger partial charge in [-0.05, 0) is 17.7 Å². The van der Waals surface area contributed by atoms with Crippen LogP contribution in [0.5, 0.6) is 0 Å². The maximum atomic E-state index is 12.5. The zero-order chi connectivity index (χ0) is 13.9. The number of hydrogen-bond donors (Lipinski definition) is 0. The van der Waals surface area contributed by atoms with Gasteiger partial charge in [0.05, 0.1) is 0 Å². The fraction of sp³-hybridized carbons (Fsp3) is 0.125. The van der Waals surface area contributed by atoms with Gasteiger partial charge in [0, 0.05) is 16.1 Å². The molecule has 1 fully saturated rings. The van der Waals surface area contributed by atoms with E-state index < -0.39 is 11.7 Å². The first kappa shape index (κ1) is 11.8. The number of fused-ring (bicyclic) bond motifs is 1. The minimum atomic E-state index is -1.34. The summed E-state index contributed by atoms with van der Waals surface area (Å²) in [4.78, 5) is 24.9. The highest BCUT2D eigenvalue weighted by atomic mass is 35.5. The number of carbonyl (C=O) groups is 2. The Labute approximate surface area is 120 Å². The average Bonchev–Trinajstić information content (AvgIpc) is 3.19. The lowest BCUT2D eigenvalue weighted by atomic mass is 9.95. The molecule has 1 aliphatic heterocycles. The van der Waals surface area contributed by atoms with Gasteiger partial charge in [0.15, 0.2) is 0 Å². The highest BCUT2D eigenvalue weighted by Gasteiger charge is 2.71. The third-order valence-corrected chi connectivity index (χ3v) is 4.13. The summed E-state index contributed by atoms with van der Waals surface area (Å²) in [5, 5.41) is 0.607. The monoisotopic (exact) mass is 284 g/mol. The summed E-state index contributed by atoms with van der Waals surface area (Å²) in [6, 6.07) is 13.9. The first-order chi connectivity index (χ1) is 9.64. The predicted molar refractivity (Wildman–Crippen MR) is 73.1 cm³/mol. The van der Waals surface area contributed by atoms with E-state index in [9.17, 15) is 9.59 Å². The van der Waals surface area contributed by atoms with Crippen LogP contribution in [0.4, 0.5) is 0 Å². The number of ketones is 2. The molecule has 2 aliphatic rings. The molecule has 1 saturated heterocycles. The first-order valence-electron chi connectivity index (χ1n) is 6.26. The Morgan fingerprint density at radius 3 is 2.00 bits per heavy atom. The van der Waals surface area contributed by atoms with E-state index in [4.69, 9.17) is 16.3 Å². The zero-order valence-electron chi connectivity index (χ0n) is 10.3. The van der Waals surface area contributed by atoms with Crippen LogP contribution in [-0.4, -0.2) is 17.2 Å². The first-order valence-corrected chi connectivity index (χ1v) is 6.64. The van der Waals surface area contributed by atoms with Crippen molar-refractivity contribution in [2.24, 2.45) is 0 Å². The maximum Gasteiger partial charge on any atom is 0.224 e. The Bertz CT molecular complexity index is 714. The topological polar surface area (TPSA) is 46.7 Å². The van der Waals surface area contributed by atoms with E-state index >= 15 is 0 Å². The summed E-state index contributed by atoms with van der Waals surface area (Å²) in [6.45, 7) is 0. The Morgan fingerprint density at radius 1 is 0.900 bits per heavy atom. The lowest BCUT2D eigenvalue weighted by Gasteiger charge is -2.00. The minimum absolute atomic E-state index is 0.238. The van der Waals surface area contributed by atoms with Gasteiger partial charge in [-0.2, -0.15) is 0 Å². The van der Waals surface area contributed by atoms with E-state index in [-0.39, 0.29) is 11.6 Å². The van der Waals surface area contributed by atoms with Crippen LogP contribution in [0.2, 0.25) is 5.02 Å². The van der Waals surface area contributed by atoms with E-state index in [0.717, 1.165) is 5.56 Å².